The van der Waals surface area contributed by atoms with Crippen molar-refractivity contribution < 1.29 is 14.6 Å². The van der Waals surface area contributed by atoms with E-state index in [4.69, 9.17) is 4.74 Å². The van der Waals surface area contributed by atoms with Gasteiger partial charge in [-0.05, 0) is 79.4 Å². The molecule has 4 aliphatic rings. The van der Waals surface area contributed by atoms with Gasteiger partial charge in [-0.15, -0.1) is 0 Å². The summed E-state index contributed by atoms with van der Waals surface area (Å²) in [5, 5.41) is 10.5. The van der Waals surface area contributed by atoms with Crippen molar-refractivity contribution in [1.29, 1.82) is 0 Å². The number of hydrogen-bond donors (Lipinski definition) is 1. The summed E-state index contributed by atoms with van der Waals surface area (Å²) in [6, 6.07) is 0. The van der Waals surface area contributed by atoms with Crippen LogP contribution in [0, 0.1) is 34.5 Å². The summed E-state index contributed by atoms with van der Waals surface area (Å²) in [6.07, 6.45) is 12.6. The molecule has 0 amide bonds. The van der Waals surface area contributed by atoms with Crippen LogP contribution in [0.15, 0.2) is 12.2 Å². The first-order valence-corrected chi connectivity index (χ1v) is 9.88. The lowest BCUT2D eigenvalue weighted by atomic mass is 9.47. The molecule has 24 heavy (non-hydrogen) atoms. The average molecular weight is 332 g/mol. The van der Waals surface area contributed by atoms with Gasteiger partial charge in [0.15, 0.2) is 0 Å². The first-order valence-electron chi connectivity index (χ1n) is 9.88. The van der Waals surface area contributed by atoms with Gasteiger partial charge >= 0.3 is 5.97 Å². The zero-order chi connectivity index (χ0) is 17.1. The van der Waals surface area contributed by atoms with Crippen molar-refractivity contribution >= 4 is 5.97 Å². The van der Waals surface area contributed by atoms with Gasteiger partial charge in [0.25, 0.3) is 0 Å². The molecule has 0 heterocycles. The van der Waals surface area contributed by atoms with E-state index in [2.05, 4.69) is 26.0 Å². The number of hydrogen-bond acceptors (Lipinski definition) is 3. The number of aliphatic hydroxyl groups is 1. The Morgan fingerprint density at radius 3 is 2.50 bits per heavy atom. The summed E-state index contributed by atoms with van der Waals surface area (Å²) >= 11 is 0. The molecule has 1 N–H and O–H groups in total. The van der Waals surface area contributed by atoms with Crippen molar-refractivity contribution in [3.8, 4) is 0 Å². The van der Waals surface area contributed by atoms with E-state index in [0.717, 1.165) is 31.6 Å². The Hall–Kier alpha value is -0.830. The van der Waals surface area contributed by atoms with Gasteiger partial charge in [0, 0.05) is 6.92 Å². The Balaban J connectivity index is 1.59. The molecule has 134 valence electrons. The molecule has 4 rings (SSSR count). The fourth-order valence-electron chi connectivity index (χ4n) is 6.90. The molecular formula is C21H32O3. The Bertz CT molecular complexity index is 555. The Labute approximate surface area is 145 Å². The van der Waals surface area contributed by atoms with Crippen LogP contribution in [0.25, 0.3) is 0 Å². The number of ether oxygens (including phenoxy) is 1. The lowest BCUT2D eigenvalue weighted by molar-refractivity contribution is -0.153. The molecule has 3 saturated carbocycles. The maximum Gasteiger partial charge on any atom is 0.302 e. The molecule has 8 atom stereocenters. The van der Waals surface area contributed by atoms with E-state index in [1.165, 1.54) is 26.2 Å². The summed E-state index contributed by atoms with van der Waals surface area (Å²) in [5.41, 5.74) is 0.467. The smallest absolute Gasteiger partial charge is 0.302 e. The minimum absolute atomic E-state index is 0.101. The van der Waals surface area contributed by atoms with Gasteiger partial charge in [-0.25, -0.2) is 0 Å². The number of carbonyl (C=O) groups is 1. The fourth-order valence-corrected chi connectivity index (χ4v) is 6.90. The van der Waals surface area contributed by atoms with Crippen molar-refractivity contribution in [2.24, 2.45) is 34.5 Å². The van der Waals surface area contributed by atoms with Crippen LogP contribution >= 0.6 is 0 Å². The molecule has 0 saturated heterocycles. The van der Waals surface area contributed by atoms with Crippen molar-refractivity contribution in [1.82, 2.24) is 0 Å². The van der Waals surface area contributed by atoms with Gasteiger partial charge in [-0.3, -0.25) is 4.79 Å². The van der Waals surface area contributed by atoms with Gasteiger partial charge < -0.3 is 9.84 Å². The molecule has 4 aliphatic carbocycles. The van der Waals surface area contributed by atoms with E-state index < -0.39 is 0 Å². The predicted octanol–water partition coefficient (Wildman–Crippen LogP) is 4.10. The first kappa shape index (κ1) is 16.6. The van der Waals surface area contributed by atoms with Gasteiger partial charge in [-0.2, -0.15) is 0 Å². The van der Waals surface area contributed by atoms with Crippen LogP contribution in [0.1, 0.15) is 65.7 Å². The second kappa shape index (κ2) is 5.59. The highest BCUT2D eigenvalue weighted by Crippen LogP contribution is 2.64. The molecule has 0 radical (unpaired) electrons. The number of aliphatic hydroxyl groups excluding tert-OH is 1. The summed E-state index contributed by atoms with van der Waals surface area (Å²) in [5.74, 6) is 2.40. The lowest BCUT2D eigenvalue weighted by Gasteiger charge is -2.58. The largest absolute Gasteiger partial charge is 0.463 e. The summed E-state index contributed by atoms with van der Waals surface area (Å²) in [7, 11) is 0. The number of esters is 1. The topological polar surface area (TPSA) is 46.5 Å². The minimum atomic E-state index is -0.144. The third-order valence-corrected chi connectivity index (χ3v) is 8.40. The number of carbonyl (C=O) groups excluding carboxylic acids is 1. The van der Waals surface area contributed by atoms with E-state index in [1.54, 1.807) is 0 Å². The van der Waals surface area contributed by atoms with Crippen molar-refractivity contribution in [3.05, 3.63) is 12.2 Å². The van der Waals surface area contributed by atoms with Crippen LogP contribution in [0.4, 0.5) is 0 Å². The normalized spacial score (nSPS) is 53.0. The second-order valence-corrected chi connectivity index (χ2v) is 9.43. The highest BCUT2D eigenvalue weighted by Gasteiger charge is 2.58. The highest BCUT2D eigenvalue weighted by molar-refractivity contribution is 5.66. The lowest BCUT2D eigenvalue weighted by Crippen LogP contribution is -2.52. The molecule has 3 heteroatoms. The van der Waals surface area contributed by atoms with Gasteiger partial charge in [-0.1, -0.05) is 26.0 Å². The second-order valence-electron chi connectivity index (χ2n) is 9.43. The maximum absolute atomic E-state index is 11.3. The van der Waals surface area contributed by atoms with Crippen LogP contribution in [-0.4, -0.2) is 23.3 Å². The molecule has 0 aliphatic heterocycles. The standard InChI is InChI=1S/C21H32O3/c1-13(22)24-15-8-10-20(2)14(12-15)4-5-16-17-6-7-19(23)21(17,3)11-9-18(16)20/h4-5,14-19,23H,6-12H2,1-3H3/t14?,15?,16-,17-,18-,19?,20-,21-/m0/s1. The zero-order valence-electron chi connectivity index (χ0n) is 15.3. The first-order chi connectivity index (χ1) is 11.3. The molecule has 0 spiro atoms. The monoisotopic (exact) mass is 332 g/mol. The molecular weight excluding hydrogens is 300 g/mol. The van der Waals surface area contributed by atoms with E-state index in [9.17, 15) is 9.90 Å². The van der Waals surface area contributed by atoms with Gasteiger partial charge in [0.05, 0.1) is 6.10 Å². The fraction of sp³-hybridized carbons (Fsp3) is 0.857. The predicted molar refractivity (Wildman–Crippen MR) is 93.2 cm³/mol. The van der Waals surface area contributed by atoms with Crippen molar-refractivity contribution in [2.45, 2.75) is 77.9 Å². The van der Waals surface area contributed by atoms with Gasteiger partial charge in [0.1, 0.15) is 6.10 Å². The number of allylic oxidation sites excluding steroid dienone is 2. The van der Waals surface area contributed by atoms with Crippen LogP contribution in [-0.2, 0) is 9.53 Å². The maximum atomic E-state index is 11.3. The zero-order valence-corrected chi connectivity index (χ0v) is 15.3. The van der Waals surface area contributed by atoms with E-state index >= 15 is 0 Å². The Morgan fingerprint density at radius 2 is 1.75 bits per heavy atom. The van der Waals surface area contributed by atoms with E-state index in [1.807, 2.05) is 0 Å². The molecule has 3 unspecified atom stereocenters. The van der Waals surface area contributed by atoms with E-state index in [0.29, 0.717) is 23.2 Å². The third kappa shape index (κ3) is 2.30. The van der Waals surface area contributed by atoms with Crippen molar-refractivity contribution in [3.63, 3.8) is 0 Å². The SMILES string of the molecule is CC(=O)OC1CC[C@@]2(C)C(C=C[C@@H]3[C@@H]2CC[C@]2(C)C(O)CC[C@@H]32)C1. The van der Waals surface area contributed by atoms with Gasteiger partial charge in [0.2, 0.25) is 0 Å². The molecule has 3 fully saturated rings. The number of rotatable bonds is 1. The third-order valence-electron chi connectivity index (χ3n) is 8.40. The highest BCUT2D eigenvalue weighted by atomic mass is 16.5. The minimum Gasteiger partial charge on any atom is -0.463 e. The molecule has 0 aromatic carbocycles. The molecule has 0 aromatic rings. The summed E-state index contributed by atoms with van der Waals surface area (Å²) in [4.78, 5) is 11.3. The molecule has 0 bridgehead atoms. The summed E-state index contributed by atoms with van der Waals surface area (Å²) in [6.45, 7) is 6.33. The van der Waals surface area contributed by atoms with Crippen molar-refractivity contribution in [2.75, 3.05) is 0 Å². The Morgan fingerprint density at radius 1 is 1.04 bits per heavy atom. The van der Waals surface area contributed by atoms with Crippen LogP contribution in [0.2, 0.25) is 0 Å². The quantitative estimate of drug-likeness (QED) is 0.581. The molecule has 0 aromatic heterocycles. The van der Waals surface area contributed by atoms with Crippen LogP contribution < -0.4 is 0 Å². The van der Waals surface area contributed by atoms with E-state index in [-0.39, 0.29) is 23.6 Å². The average Bonchev–Trinajstić information content (AvgIpc) is 2.83. The number of fused-ring (bicyclic) bond motifs is 5. The van der Waals surface area contributed by atoms with Crippen LogP contribution in [0.3, 0.4) is 0 Å². The van der Waals surface area contributed by atoms with Crippen LogP contribution in [0.5, 0.6) is 0 Å². The molecule has 3 nitrogen and oxygen atoms in total. The summed E-state index contributed by atoms with van der Waals surface area (Å²) < 4.78 is 5.51. The Kier molecular flexibility index (Phi) is 3.87.